The van der Waals surface area contributed by atoms with Gasteiger partial charge in [0, 0.05) is 17.6 Å². The number of benzene rings is 3. The van der Waals surface area contributed by atoms with Gasteiger partial charge in [0.25, 0.3) is 5.91 Å². The maximum atomic E-state index is 13.3. The van der Waals surface area contributed by atoms with Crippen molar-refractivity contribution in [2.45, 2.75) is 6.54 Å². The number of thiophene rings is 1. The van der Waals surface area contributed by atoms with Crippen LogP contribution in [-0.2, 0) is 6.54 Å². The average molecular weight is 400 g/mol. The summed E-state index contributed by atoms with van der Waals surface area (Å²) in [6.45, 7) is 0.499. The number of rotatable bonds is 4. The van der Waals surface area contributed by atoms with Gasteiger partial charge in [0.2, 0.25) is 0 Å². The van der Waals surface area contributed by atoms with Crippen molar-refractivity contribution in [1.82, 2.24) is 4.57 Å². The lowest BCUT2D eigenvalue weighted by atomic mass is 10.1. The first-order valence-corrected chi connectivity index (χ1v) is 10.2. The number of nitrogens with one attached hydrogen (secondary N) is 1. The Kier molecular flexibility index (Phi) is 4.37. The number of fused-ring (bicyclic) bond motifs is 2. The zero-order chi connectivity index (χ0) is 19.8. The van der Waals surface area contributed by atoms with Gasteiger partial charge in [-0.3, -0.25) is 4.79 Å². The van der Waals surface area contributed by atoms with Crippen LogP contribution in [0.5, 0.6) is 0 Å². The third-order valence-corrected chi connectivity index (χ3v) is 5.90. The summed E-state index contributed by atoms with van der Waals surface area (Å²) in [4.78, 5) is 13.2. The molecule has 0 saturated heterocycles. The molecule has 2 heterocycles. The minimum Gasteiger partial charge on any atom is -0.331 e. The fourth-order valence-electron chi connectivity index (χ4n) is 3.63. The molecule has 0 aliphatic carbocycles. The van der Waals surface area contributed by atoms with Gasteiger partial charge in [-0.05, 0) is 46.7 Å². The van der Waals surface area contributed by atoms with E-state index in [0.29, 0.717) is 12.2 Å². The molecule has 0 unspecified atom stereocenters. The second kappa shape index (κ2) is 7.18. The van der Waals surface area contributed by atoms with Crippen LogP contribution < -0.4 is 5.32 Å². The molecule has 3 nitrogen and oxygen atoms in total. The van der Waals surface area contributed by atoms with Gasteiger partial charge in [-0.25, -0.2) is 4.39 Å². The normalized spacial score (nSPS) is 11.2. The van der Waals surface area contributed by atoms with Crippen LogP contribution in [0.4, 0.5) is 10.1 Å². The number of halogens is 1. The van der Waals surface area contributed by atoms with Crippen LogP contribution >= 0.6 is 11.3 Å². The fourth-order valence-corrected chi connectivity index (χ4v) is 4.45. The Morgan fingerprint density at radius 2 is 1.76 bits per heavy atom. The topological polar surface area (TPSA) is 34.0 Å². The van der Waals surface area contributed by atoms with Crippen molar-refractivity contribution in [3.05, 3.63) is 101 Å². The van der Waals surface area contributed by atoms with Gasteiger partial charge < -0.3 is 9.88 Å². The van der Waals surface area contributed by atoms with Crippen molar-refractivity contribution in [1.29, 1.82) is 0 Å². The smallest absolute Gasteiger partial charge is 0.272 e. The molecular weight excluding hydrogens is 383 g/mol. The van der Waals surface area contributed by atoms with Crippen LogP contribution in [0.2, 0.25) is 0 Å². The van der Waals surface area contributed by atoms with E-state index >= 15 is 0 Å². The average Bonchev–Trinajstić information content (AvgIpc) is 3.32. The van der Waals surface area contributed by atoms with Crippen LogP contribution in [0.3, 0.4) is 0 Å². The number of carbonyl (C=O) groups is 1. The van der Waals surface area contributed by atoms with Crippen molar-refractivity contribution in [2.24, 2.45) is 0 Å². The molecule has 29 heavy (non-hydrogen) atoms. The van der Waals surface area contributed by atoms with Crippen LogP contribution in [0.15, 0.2) is 84.2 Å². The monoisotopic (exact) mass is 400 g/mol. The van der Waals surface area contributed by atoms with E-state index in [0.717, 1.165) is 32.2 Å². The van der Waals surface area contributed by atoms with E-state index < -0.39 is 0 Å². The Bertz CT molecular complexity index is 1330. The molecule has 0 saturated carbocycles. The summed E-state index contributed by atoms with van der Waals surface area (Å²) in [5.41, 5.74) is 3.31. The zero-order valence-electron chi connectivity index (χ0n) is 15.4. The second-order valence-corrected chi connectivity index (χ2v) is 7.84. The number of anilines is 1. The van der Waals surface area contributed by atoms with Gasteiger partial charge in [0.15, 0.2) is 0 Å². The number of amides is 1. The van der Waals surface area contributed by atoms with Crippen LogP contribution in [0, 0.1) is 5.82 Å². The Morgan fingerprint density at radius 1 is 0.966 bits per heavy atom. The van der Waals surface area contributed by atoms with Crippen molar-refractivity contribution in [2.75, 3.05) is 5.32 Å². The van der Waals surface area contributed by atoms with E-state index in [9.17, 15) is 9.18 Å². The number of hydrogen-bond donors (Lipinski definition) is 1. The highest BCUT2D eigenvalue weighted by atomic mass is 32.1. The zero-order valence-corrected chi connectivity index (χ0v) is 16.2. The summed E-state index contributed by atoms with van der Waals surface area (Å²) in [5.74, 6) is -0.428. The SMILES string of the molecule is O=C(Nc1cccc2ccccc12)c1cc2sccc2n1Cc1ccc(F)cc1. The van der Waals surface area contributed by atoms with Crippen LogP contribution in [-0.4, -0.2) is 10.5 Å². The van der Waals surface area contributed by atoms with Crippen molar-refractivity contribution >= 4 is 43.9 Å². The number of hydrogen-bond acceptors (Lipinski definition) is 2. The summed E-state index contributed by atoms with van der Waals surface area (Å²) >= 11 is 1.60. The van der Waals surface area contributed by atoms with Crippen molar-refractivity contribution in [3.63, 3.8) is 0 Å². The molecule has 3 aromatic carbocycles. The summed E-state index contributed by atoms with van der Waals surface area (Å²) in [6.07, 6.45) is 0. The molecule has 5 aromatic rings. The molecule has 0 aliphatic heterocycles. The Morgan fingerprint density at radius 3 is 2.62 bits per heavy atom. The highest BCUT2D eigenvalue weighted by Gasteiger charge is 2.17. The highest BCUT2D eigenvalue weighted by molar-refractivity contribution is 7.17. The molecular formula is C24H17FN2OS. The summed E-state index contributed by atoms with van der Waals surface area (Å²) in [6, 6.07) is 24.2. The standard InChI is InChI=1S/C24H17FN2OS/c25-18-10-8-16(9-11-18)15-27-21-12-13-29-23(21)14-22(27)24(28)26-20-7-3-5-17-4-1-2-6-19(17)20/h1-14H,15H2,(H,26,28). The molecule has 0 bridgehead atoms. The van der Waals surface area contributed by atoms with E-state index in [-0.39, 0.29) is 11.7 Å². The maximum absolute atomic E-state index is 13.3. The molecule has 0 atom stereocenters. The molecule has 142 valence electrons. The predicted octanol–water partition coefficient (Wildman–Crippen LogP) is 6.30. The molecule has 1 N–H and O–H groups in total. The van der Waals surface area contributed by atoms with E-state index in [2.05, 4.69) is 5.32 Å². The van der Waals surface area contributed by atoms with Gasteiger partial charge in [-0.15, -0.1) is 11.3 Å². The quantitative estimate of drug-likeness (QED) is 0.378. The first-order chi connectivity index (χ1) is 14.2. The lowest BCUT2D eigenvalue weighted by Gasteiger charge is -2.12. The summed E-state index contributed by atoms with van der Waals surface area (Å²) in [5, 5.41) is 7.16. The summed E-state index contributed by atoms with van der Waals surface area (Å²) in [7, 11) is 0. The number of nitrogens with zero attached hydrogens (tertiary/aromatic N) is 1. The van der Waals surface area contributed by atoms with Crippen molar-refractivity contribution in [3.8, 4) is 0 Å². The molecule has 5 heteroatoms. The van der Waals surface area contributed by atoms with Crippen LogP contribution in [0.25, 0.3) is 21.0 Å². The molecule has 0 fully saturated rings. The number of aromatic nitrogens is 1. The third-order valence-electron chi connectivity index (χ3n) is 5.05. The maximum Gasteiger partial charge on any atom is 0.272 e. The second-order valence-electron chi connectivity index (χ2n) is 6.89. The minimum atomic E-state index is -0.268. The lowest BCUT2D eigenvalue weighted by molar-refractivity contribution is 0.101. The molecule has 5 rings (SSSR count). The van der Waals surface area contributed by atoms with Gasteiger partial charge in [0.1, 0.15) is 11.5 Å². The Hall–Kier alpha value is -3.44. The first kappa shape index (κ1) is 17.6. The van der Waals surface area contributed by atoms with Crippen molar-refractivity contribution < 1.29 is 9.18 Å². The number of carbonyl (C=O) groups excluding carboxylic acids is 1. The van der Waals surface area contributed by atoms with Gasteiger partial charge in [-0.2, -0.15) is 0 Å². The lowest BCUT2D eigenvalue weighted by Crippen LogP contribution is -2.17. The highest BCUT2D eigenvalue weighted by Crippen LogP contribution is 2.28. The largest absolute Gasteiger partial charge is 0.331 e. The fraction of sp³-hybridized carbons (Fsp3) is 0.0417. The predicted molar refractivity (Wildman–Crippen MR) is 117 cm³/mol. The van der Waals surface area contributed by atoms with Gasteiger partial charge >= 0.3 is 0 Å². The Balaban J connectivity index is 1.53. The minimum absolute atomic E-state index is 0.160. The molecule has 0 radical (unpaired) electrons. The first-order valence-electron chi connectivity index (χ1n) is 9.29. The molecule has 1 amide bonds. The van der Waals surface area contributed by atoms with E-state index in [1.807, 2.05) is 64.5 Å². The summed E-state index contributed by atoms with van der Waals surface area (Å²) < 4.78 is 16.3. The molecule has 0 aliphatic rings. The Labute approximate surface area is 171 Å². The van der Waals surface area contributed by atoms with Gasteiger partial charge in [0.05, 0.1) is 10.2 Å². The molecule has 2 aromatic heterocycles. The van der Waals surface area contributed by atoms with E-state index in [1.165, 1.54) is 12.1 Å². The van der Waals surface area contributed by atoms with E-state index in [1.54, 1.807) is 23.5 Å². The van der Waals surface area contributed by atoms with Crippen LogP contribution in [0.1, 0.15) is 16.1 Å². The molecule has 0 spiro atoms. The van der Waals surface area contributed by atoms with Gasteiger partial charge in [-0.1, -0.05) is 48.5 Å². The third kappa shape index (κ3) is 3.30. The van der Waals surface area contributed by atoms with E-state index in [4.69, 9.17) is 0 Å².